The van der Waals surface area contributed by atoms with Crippen molar-refractivity contribution >= 4 is 23.6 Å². The highest BCUT2D eigenvalue weighted by Crippen LogP contribution is 2.15. The number of rotatable bonds is 9. The van der Waals surface area contributed by atoms with Gasteiger partial charge in [-0.25, -0.2) is 0 Å². The maximum absolute atomic E-state index is 11.2. The average molecular weight is 296 g/mol. The molecule has 0 aromatic carbocycles. The topological polar surface area (TPSA) is 79.3 Å². The van der Waals surface area contributed by atoms with Crippen LogP contribution in [0, 0.1) is 5.92 Å². The van der Waals surface area contributed by atoms with E-state index in [9.17, 15) is 14.7 Å². The van der Waals surface area contributed by atoms with Gasteiger partial charge in [0.1, 0.15) is 0 Å². The van der Waals surface area contributed by atoms with Crippen molar-refractivity contribution in [2.75, 3.05) is 18.1 Å². The van der Waals surface area contributed by atoms with Crippen LogP contribution in [0.4, 0.5) is 0 Å². The maximum atomic E-state index is 11.2. The molecule has 0 spiro atoms. The van der Waals surface area contributed by atoms with Gasteiger partial charge in [-0.3, -0.25) is 14.6 Å². The van der Waals surface area contributed by atoms with E-state index in [4.69, 9.17) is 0 Å². The van der Waals surface area contributed by atoms with E-state index < -0.39 is 5.97 Å². The van der Waals surface area contributed by atoms with Crippen molar-refractivity contribution in [3.8, 4) is 0 Å². The third kappa shape index (κ3) is 7.13. The molecule has 0 saturated heterocycles. The lowest BCUT2D eigenvalue weighted by Gasteiger charge is -2.12. The molecule has 0 fully saturated rings. The monoisotopic (exact) mass is 296 g/mol. The summed E-state index contributed by atoms with van der Waals surface area (Å²) in [6.45, 7) is 2.05. The van der Waals surface area contributed by atoms with Crippen LogP contribution in [0.3, 0.4) is 0 Å². The number of carboxylic acids is 1. The highest BCUT2D eigenvalue weighted by atomic mass is 32.2. The average Bonchev–Trinajstić information content (AvgIpc) is 2.42. The summed E-state index contributed by atoms with van der Waals surface area (Å²) in [6.07, 6.45) is 4.80. The molecule has 0 aliphatic carbocycles. The SMILES string of the molecule is CC(=O)NCCSCC(CCc1cccnc1)C(=O)O. The molecule has 0 saturated carbocycles. The van der Waals surface area contributed by atoms with Crippen LogP contribution in [0.5, 0.6) is 0 Å². The minimum atomic E-state index is -0.763. The first-order valence-corrected chi connectivity index (χ1v) is 7.69. The lowest BCUT2D eigenvalue weighted by Crippen LogP contribution is -2.23. The Morgan fingerprint density at radius 3 is 2.90 bits per heavy atom. The van der Waals surface area contributed by atoms with E-state index in [0.717, 1.165) is 17.7 Å². The molecule has 5 nitrogen and oxygen atoms in total. The number of aliphatic carboxylic acids is 1. The quantitative estimate of drug-likeness (QED) is 0.676. The predicted molar refractivity (Wildman–Crippen MR) is 79.7 cm³/mol. The zero-order valence-electron chi connectivity index (χ0n) is 11.5. The summed E-state index contributed by atoms with van der Waals surface area (Å²) in [6, 6.07) is 3.81. The first-order chi connectivity index (χ1) is 9.59. The Balaban J connectivity index is 2.26. The molecule has 1 atom stereocenters. The highest BCUT2D eigenvalue weighted by Gasteiger charge is 2.17. The molecule has 1 unspecified atom stereocenters. The molecule has 20 heavy (non-hydrogen) atoms. The van der Waals surface area contributed by atoms with E-state index in [0.29, 0.717) is 18.7 Å². The zero-order valence-corrected chi connectivity index (χ0v) is 12.4. The van der Waals surface area contributed by atoms with E-state index in [2.05, 4.69) is 10.3 Å². The van der Waals surface area contributed by atoms with E-state index >= 15 is 0 Å². The Kier molecular flexibility index (Phi) is 7.72. The number of nitrogens with zero attached hydrogens (tertiary/aromatic N) is 1. The largest absolute Gasteiger partial charge is 0.481 e. The molecule has 1 aromatic heterocycles. The fourth-order valence-electron chi connectivity index (χ4n) is 1.69. The molecular weight excluding hydrogens is 276 g/mol. The van der Waals surface area contributed by atoms with E-state index in [-0.39, 0.29) is 11.8 Å². The molecule has 1 heterocycles. The van der Waals surface area contributed by atoms with Gasteiger partial charge in [-0.1, -0.05) is 6.07 Å². The summed E-state index contributed by atoms with van der Waals surface area (Å²) in [5.74, 6) is 0.112. The zero-order chi connectivity index (χ0) is 14.8. The Labute approximate surface area is 123 Å². The van der Waals surface area contributed by atoms with Gasteiger partial charge in [-0.2, -0.15) is 11.8 Å². The van der Waals surface area contributed by atoms with Gasteiger partial charge in [0, 0.05) is 37.4 Å². The van der Waals surface area contributed by atoms with Crippen LogP contribution in [0.25, 0.3) is 0 Å². The Morgan fingerprint density at radius 2 is 2.30 bits per heavy atom. The number of nitrogens with one attached hydrogen (secondary N) is 1. The number of thioether (sulfide) groups is 1. The van der Waals surface area contributed by atoms with Crippen LogP contribution in [0.15, 0.2) is 24.5 Å². The Bertz CT molecular complexity index is 426. The van der Waals surface area contributed by atoms with Gasteiger partial charge >= 0.3 is 5.97 Å². The molecule has 0 aliphatic rings. The van der Waals surface area contributed by atoms with Crippen molar-refractivity contribution in [1.82, 2.24) is 10.3 Å². The number of hydrogen-bond donors (Lipinski definition) is 2. The van der Waals surface area contributed by atoms with Crippen LogP contribution in [-0.4, -0.2) is 40.0 Å². The normalized spacial score (nSPS) is 11.8. The van der Waals surface area contributed by atoms with Gasteiger partial charge < -0.3 is 10.4 Å². The summed E-state index contributed by atoms with van der Waals surface area (Å²) >= 11 is 1.56. The smallest absolute Gasteiger partial charge is 0.307 e. The van der Waals surface area contributed by atoms with E-state index in [1.165, 1.54) is 6.92 Å². The van der Waals surface area contributed by atoms with E-state index in [1.54, 1.807) is 24.2 Å². The molecule has 0 aliphatic heterocycles. The minimum absolute atomic E-state index is 0.0584. The molecule has 1 amide bonds. The lowest BCUT2D eigenvalue weighted by molar-refractivity contribution is -0.141. The summed E-state index contributed by atoms with van der Waals surface area (Å²) in [4.78, 5) is 25.9. The number of carbonyl (C=O) groups is 2. The first-order valence-electron chi connectivity index (χ1n) is 6.53. The van der Waals surface area contributed by atoms with Crippen molar-refractivity contribution in [1.29, 1.82) is 0 Å². The van der Waals surface area contributed by atoms with Gasteiger partial charge in [0.2, 0.25) is 5.91 Å². The van der Waals surface area contributed by atoms with Crippen molar-refractivity contribution in [2.45, 2.75) is 19.8 Å². The number of carbonyl (C=O) groups excluding carboxylic acids is 1. The second kappa shape index (κ2) is 9.36. The molecule has 0 radical (unpaired) electrons. The molecular formula is C14H20N2O3S. The molecule has 2 N–H and O–H groups in total. The fourth-order valence-corrected chi connectivity index (χ4v) is 2.70. The molecule has 6 heteroatoms. The van der Waals surface area contributed by atoms with Crippen molar-refractivity contribution in [2.24, 2.45) is 5.92 Å². The standard InChI is InChI=1S/C14H20N2O3S/c1-11(17)16-7-8-20-10-13(14(18)19)5-4-12-3-2-6-15-9-12/h2-3,6,9,13H,4-5,7-8,10H2,1H3,(H,16,17)(H,18,19). The van der Waals surface area contributed by atoms with Crippen LogP contribution >= 0.6 is 11.8 Å². The molecule has 110 valence electrons. The minimum Gasteiger partial charge on any atom is -0.481 e. The fraction of sp³-hybridized carbons (Fsp3) is 0.500. The van der Waals surface area contributed by atoms with Gasteiger partial charge in [0.05, 0.1) is 5.92 Å². The number of aromatic nitrogens is 1. The second-order valence-electron chi connectivity index (χ2n) is 4.49. The number of hydrogen-bond acceptors (Lipinski definition) is 4. The van der Waals surface area contributed by atoms with Crippen LogP contribution in [0.1, 0.15) is 18.9 Å². The van der Waals surface area contributed by atoms with Crippen molar-refractivity contribution < 1.29 is 14.7 Å². The summed E-state index contributed by atoms with van der Waals surface area (Å²) in [5.41, 5.74) is 1.06. The van der Waals surface area contributed by atoms with Crippen LogP contribution in [0.2, 0.25) is 0 Å². The lowest BCUT2D eigenvalue weighted by atomic mass is 10.0. The third-order valence-corrected chi connectivity index (χ3v) is 3.92. The third-order valence-electron chi connectivity index (χ3n) is 2.79. The first kappa shape index (κ1) is 16.5. The van der Waals surface area contributed by atoms with Crippen LogP contribution in [-0.2, 0) is 16.0 Å². The van der Waals surface area contributed by atoms with Crippen molar-refractivity contribution in [3.05, 3.63) is 30.1 Å². The number of amides is 1. The second-order valence-corrected chi connectivity index (χ2v) is 5.64. The Hall–Kier alpha value is -1.56. The summed E-state index contributed by atoms with van der Waals surface area (Å²) < 4.78 is 0. The van der Waals surface area contributed by atoms with Crippen LogP contribution < -0.4 is 5.32 Å². The van der Waals surface area contributed by atoms with Crippen molar-refractivity contribution in [3.63, 3.8) is 0 Å². The summed E-state index contributed by atoms with van der Waals surface area (Å²) in [7, 11) is 0. The number of carboxylic acid groups (broad SMARTS) is 1. The van der Waals surface area contributed by atoms with Gasteiger partial charge in [-0.05, 0) is 24.5 Å². The Morgan fingerprint density at radius 1 is 1.50 bits per heavy atom. The molecule has 1 aromatic rings. The maximum Gasteiger partial charge on any atom is 0.307 e. The number of pyridine rings is 1. The van der Waals surface area contributed by atoms with Gasteiger partial charge in [0.25, 0.3) is 0 Å². The predicted octanol–water partition coefficient (Wildman–Crippen LogP) is 1.58. The van der Waals surface area contributed by atoms with Gasteiger partial charge in [-0.15, -0.1) is 0 Å². The number of aryl methyl sites for hydroxylation is 1. The van der Waals surface area contributed by atoms with Gasteiger partial charge in [0.15, 0.2) is 0 Å². The summed E-state index contributed by atoms with van der Waals surface area (Å²) in [5, 5.41) is 11.9. The highest BCUT2D eigenvalue weighted by molar-refractivity contribution is 7.99. The molecule has 0 bridgehead atoms. The van der Waals surface area contributed by atoms with E-state index in [1.807, 2.05) is 12.1 Å². The molecule has 1 rings (SSSR count).